The van der Waals surface area contributed by atoms with Crippen molar-refractivity contribution in [2.24, 2.45) is 0 Å². The van der Waals surface area contributed by atoms with E-state index in [0.717, 1.165) is 25.9 Å². The van der Waals surface area contributed by atoms with Gasteiger partial charge in [0.05, 0.1) is 15.7 Å². The highest BCUT2D eigenvalue weighted by atomic mass is 35.5. The quantitative estimate of drug-likeness (QED) is 0.824. The van der Waals surface area contributed by atoms with Crippen LogP contribution in [0.5, 0.6) is 0 Å². The third-order valence-electron chi connectivity index (χ3n) is 3.29. The van der Waals surface area contributed by atoms with Gasteiger partial charge in [-0.3, -0.25) is 9.20 Å². The summed E-state index contributed by atoms with van der Waals surface area (Å²) >= 11 is 12.2. The standard InChI is InChI=1S/C15H19Cl2N3O/c1-4-6-19(7-5-2)15(21)13-10(3)18-14-12(17)8-11(16)9-20(13)14/h8-9H,4-7H2,1-3H3. The molecule has 0 N–H and O–H groups in total. The summed E-state index contributed by atoms with van der Waals surface area (Å²) in [6.07, 6.45) is 3.53. The summed E-state index contributed by atoms with van der Waals surface area (Å²) in [7, 11) is 0. The van der Waals surface area contributed by atoms with E-state index >= 15 is 0 Å². The maximum atomic E-state index is 12.8. The normalized spacial score (nSPS) is 11.1. The van der Waals surface area contributed by atoms with E-state index in [0.29, 0.717) is 27.1 Å². The van der Waals surface area contributed by atoms with Crippen molar-refractivity contribution in [3.8, 4) is 0 Å². The molecule has 0 aliphatic carbocycles. The minimum Gasteiger partial charge on any atom is -0.337 e. The number of hydrogen-bond acceptors (Lipinski definition) is 2. The number of fused-ring (bicyclic) bond motifs is 1. The van der Waals surface area contributed by atoms with Crippen molar-refractivity contribution in [2.75, 3.05) is 13.1 Å². The van der Waals surface area contributed by atoms with Crippen LogP contribution in [-0.2, 0) is 0 Å². The van der Waals surface area contributed by atoms with Crippen LogP contribution >= 0.6 is 23.2 Å². The number of amides is 1. The highest BCUT2D eigenvalue weighted by Crippen LogP contribution is 2.25. The molecule has 2 aromatic rings. The molecule has 0 aliphatic heterocycles. The molecule has 0 radical (unpaired) electrons. The topological polar surface area (TPSA) is 37.6 Å². The molecular formula is C15H19Cl2N3O. The van der Waals surface area contributed by atoms with Crippen LogP contribution in [0.2, 0.25) is 10.0 Å². The van der Waals surface area contributed by atoms with Gasteiger partial charge in [-0.05, 0) is 25.8 Å². The average Bonchev–Trinajstić information content (AvgIpc) is 2.74. The van der Waals surface area contributed by atoms with Crippen molar-refractivity contribution in [3.05, 3.63) is 33.7 Å². The summed E-state index contributed by atoms with van der Waals surface area (Å²) in [6.45, 7) is 7.40. The lowest BCUT2D eigenvalue weighted by Crippen LogP contribution is -2.33. The van der Waals surface area contributed by atoms with E-state index in [4.69, 9.17) is 23.2 Å². The van der Waals surface area contributed by atoms with Gasteiger partial charge in [-0.15, -0.1) is 0 Å². The van der Waals surface area contributed by atoms with Crippen molar-refractivity contribution in [1.29, 1.82) is 0 Å². The molecule has 0 saturated heterocycles. The van der Waals surface area contributed by atoms with Gasteiger partial charge in [0.1, 0.15) is 5.69 Å². The first kappa shape index (κ1) is 16.1. The molecule has 4 nitrogen and oxygen atoms in total. The maximum absolute atomic E-state index is 12.8. The molecule has 0 saturated carbocycles. The van der Waals surface area contributed by atoms with Crippen molar-refractivity contribution < 1.29 is 4.79 Å². The Kier molecular flexibility index (Phi) is 5.12. The second kappa shape index (κ2) is 6.67. The molecule has 0 aromatic carbocycles. The fourth-order valence-corrected chi connectivity index (χ4v) is 2.96. The largest absolute Gasteiger partial charge is 0.337 e. The van der Waals surface area contributed by atoms with Crippen molar-refractivity contribution in [2.45, 2.75) is 33.6 Å². The average molecular weight is 328 g/mol. The molecule has 2 heterocycles. The van der Waals surface area contributed by atoms with E-state index in [1.165, 1.54) is 0 Å². The zero-order valence-corrected chi connectivity index (χ0v) is 14.0. The van der Waals surface area contributed by atoms with Crippen molar-refractivity contribution in [1.82, 2.24) is 14.3 Å². The van der Waals surface area contributed by atoms with Gasteiger partial charge in [-0.2, -0.15) is 0 Å². The zero-order valence-electron chi connectivity index (χ0n) is 12.5. The summed E-state index contributed by atoms with van der Waals surface area (Å²) in [5.41, 5.74) is 1.77. The molecule has 0 unspecified atom stereocenters. The second-order valence-corrected chi connectivity index (χ2v) is 5.88. The SMILES string of the molecule is CCCN(CCC)C(=O)c1c(C)nc2c(Cl)cc(Cl)cn12. The summed E-state index contributed by atoms with van der Waals surface area (Å²) in [6, 6.07) is 1.63. The third kappa shape index (κ3) is 3.16. The molecular weight excluding hydrogens is 309 g/mol. The van der Waals surface area contributed by atoms with E-state index in [2.05, 4.69) is 18.8 Å². The van der Waals surface area contributed by atoms with E-state index < -0.39 is 0 Å². The van der Waals surface area contributed by atoms with Gasteiger partial charge >= 0.3 is 0 Å². The van der Waals surface area contributed by atoms with E-state index in [1.807, 2.05) is 11.8 Å². The van der Waals surface area contributed by atoms with Gasteiger partial charge in [-0.1, -0.05) is 37.0 Å². The third-order valence-corrected chi connectivity index (χ3v) is 3.78. The minimum atomic E-state index is -0.0259. The minimum absolute atomic E-state index is 0.0259. The van der Waals surface area contributed by atoms with Crippen LogP contribution in [0, 0.1) is 6.92 Å². The molecule has 6 heteroatoms. The molecule has 114 valence electrons. The number of hydrogen-bond donors (Lipinski definition) is 0. The summed E-state index contributed by atoms with van der Waals surface area (Å²) in [5, 5.41) is 0.929. The van der Waals surface area contributed by atoms with Crippen LogP contribution in [0.4, 0.5) is 0 Å². The van der Waals surface area contributed by atoms with Crippen LogP contribution in [0.3, 0.4) is 0 Å². The van der Waals surface area contributed by atoms with Crippen LogP contribution in [0.25, 0.3) is 5.65 Å². The van der Waals surface area contributed by atoms with Crippen molar-refractivity contribution >= 4 is 34.8 Å². The van der Waals surface area contributed by atoms with Crippen LogP contribution in [-0.4, -0.2) is 33.3 Å². The summed E-state index contributed by atoms with van der Waals surface area (Å²) in [5.74, 6) is -0.0259. The molecule has 0 atom stereocenters. The number of aromatic nitrogens is 2. The van der Waals surface area contributed by atoms with Crippen LogP contribution in [0.1, 0.15) is 42.9 Å². The van der Waals surface area contributed by atoms with Crippen LogP contribution < -0.4 is 0 Å². The number of aryl methyl sites for hydroxylation is 1. The van der Waals surface area contributed by atoms with Crippen molar-refractivity contribution in [3.63, 3.8) is 0 Å². The van der Waals surface area contributed by atoms with Gasteiger partial charge in [0, 0.05) is 19.3 Å². The monoisotopic (exact) mass is 327 g/mol. The van der Waals surface area contributed by atoms with Gasteiger partial charge in [0.25, 0.3) is 5.91 Å². The molecule has 0 fully saturated rings. The Bertz CT molecular complexity index is 660. The molecule has 21 heavy (non-hydrogen) atoms. The zero-order chi connectivity index (χ0) is 15.6. The number of imidazole rings is 1. The lowest BCUT2D eigenvalue weighted by atomic mass is 10.2. The van der Waals surface area contributed by atoms with Gasteiger partial charge in [0.2, 0.25) is 0 Å². The number of halogens is 2. The Morgan fingerprint density at radius 2 is 1.90 bits per heavy atom. The Hall–Kier alpha value is -1.26. The first-order valence-corrected chi connectivity index (χ1v) is 7.88. The van der Waals surface area contributed by atoms with Gasteiger partial charge in [-0.25, -0.2) is 4.98 Å². The molecule has 0 aliphatic rings. The van der Waals surface area contributed by atoms with Gasteiger partial charge in [0.15, 0.2) is 5.65 Å². The highest BCUT2D eigenvalue weighted by Gasteiger charge is 2.22. The van der Waals surface area contributed by atoms with E-state index in [1.54, 1.807) is 16.7 Å². The van der Waals surface area contributed by atoms with E-state index in [9.17, 15) is 4.79 Å². The van der Waals surface area contributed by atoms with Crippen LogP contribution in [0.15, 0.2) is 12.3 Å². The predicted molar refractivity (Wildman–Crippen MR) is 86.4 cm³/mol. The number of nitrogens with zero attached hydrogens (tertiary/aromatic N) is 3. The molecule has 1 amide bonds. The summed E-state index contributed by atoms with van der Waals surface area (Å²) < 4.78 is 1.70. The molecule has 2 rings (SSSR count). The fourth-order valence-electron chi connectivity index (χ4n) is 2.45. The first-order valence-electron chi connectivity index (χ1n) is 7.12. The Balaban J connectivity index is 2.54. The molecule has 2 aromatic heterocycles. The smallest absolute Gasteiger partial charge is 0.272 e. The number of pyridine rings is 1. The highest BCUT2D eigenvalue weighted by molar-refractivity contribution is 6.36. The lowest BCUT2D eigenvalue weighted by Gasteiger charge is -2.21. The van der Waals surface area contributed by atoms with Gasteiger partial charge < -0.3 is 4.90 Å². The molecule has 0 spiro atoms. The first-order chi connectivity index (χ1) is 9.99. The lowest BCUT2D eigenvalue weighted by molar-refractivity contribution is 0.0748. The predicted octanol–water partition coefficient (Wildman–Crippen LogP) is 4.21. The second-order valence-electron chi connectivity index (χ2n) is 5.04. The Labute approximate surface area is 134 Å². The Morgan fingerprint density at radius 1 is 1.29 bits per heavy atom. The molecule has 0 bridgehead atoms. The fraction of sp³-hybridized carbons (Fsp3) is 0.467. The number of carbonyl (C=O) groups excluding carboxylic acids is 1. The maximum Gasteiger partial charge on any atom is 0.272 e. The number of carbonyl (C=O) groups is 1. The number of rotatable bonds is 5. The van der Waals surface area contributed by atoms with E-state index in [-0.39, 0.29) is 5.91 Å². The summed E-state index contributed by atoms with van der Waals surface area (Å²) in [4.78, 5) is 19.1. The Morgan fingerprint density at radius 3 is 2.48 bits per heavy atom.